The average Bonchev–Trinajstić information content (AvgIpc) is 3.51. The molecule has 1 saturated heterocycles. The quantitative estimate of drug-likeness (QED) is 0.432. The van der Waals surface area contributed by atoms with Crippen LogP contribution in [0.5, 0.6) is 5.75 Å². The minimum atomic E-state index is -0.413. The highest BCUT2D eigenvalue weighted by Gasteiger charge is 2.24. The molecule has 34 heavy (non-hydrogen) atoms. The standard InChI is InChI=1S/C25H27ClN6O2/c1-30-21-11-4-3-10-19(21)29-25(30)32-24(33)23(26)20(15-28-32)27-16-22(31-12-5-6-13-31)17-8-7-9-18(14-17)34-2/h3-4,7-11,14-15,22,27H,5-6,12-13,16H2,1-2H3. The summed E-state index contributed by atoms with van der Waals surface area (Å²) in [6.07, 6.45) is 3.95. The molecule has 1 unspecified atom stereocenters. The number of para-hydroxylation sites is 2. The third-order valence-electron chi connectivity index (χ3n) is 6.42. The van der Waals surface area contributed by atoms with E-state index in [0.717, 1.165) is 35.4 Å². The van der Waals surface area contributed by atoms with Gasteiger partial charge in [0.05, 0.1) is 36.1 Å². The smallest absolute Gasteiger partial charge is 0.295 e. The van der Waals surface area contributed by atoms with E-state index in [9.17, 15) is 4.79 Å². The molecule has 0 bridgehead atoms. The highest BCUT2D eigenvalue weighted by molar-refractivity contribution is 6.32. The van der Waals surface area contributed by atoms with E-state index in [2.05, 4.69) is 32.4 Å². The van der Waals surface area contributed by atoms with E-state index in [1.165, 1.54) is 17.5 Å². The first-order chi connectivity index (χ1) is 16.6. The maximum absolute atomic E-state index is 13.1. The number of anilines is 1. The highest BCUT2D eigenvalue weighted by atomic mass is 35.5. The number of methoxy groups -OCH3 is 1. The van der Waals surface area contributed by atoms with Gasteiger partial charge >= 0.3 is 0 Å². The fourth-order valence-corrected chi connectivity index (χ4v) is 4.78. The number of benzene rings is 2. The zero-order valence-electron chi connectivity index (χ0n) is 19.2. The van der Waals surface area contributed by atoms with Crippen LogP contribution in [0.2, 0.25) is 5.02 Å². The zero-order valence-corrected chi connectivity index (χ0v) is 20.0. The van der Waals surface area contributed by atoms with Crippen LogP contribution in [-0.4, -0.2) is 51.0 Å². The topological polar surface area (TPSA) is 77.2 Å². The number of nitrogens with one attached hydrogen (secondary N) is 1. The number of halogens is 1. The predicted octanol–water partition coefficient (Wildman–Crippen LogP) is 4.03. The Morgan fingerprint density at radius 3 is 2.71 bits per heavy atom. The van der Waals surface area contributed by atoms with Gasteiger partial charge in [-0.25, -0.2) is 4.98 Å². The van der Waals surface area contributed by atoms with Gasteiger partial charge in [-0.15, -0.1) is 0 Å². The molecule has 0 amide bonds. The van der Waals surface area contributed by atoms with Gasteiger partial charge in [0.2, 0.25) is 5.95 Å². The fourth-order valence-electron chi connectivity index (χ4n) is 4.59. The third kappa shape index (κ3) is 4.15. The largest absolute Gasteiger partial charge is 0.497 e. The van der Waals surface area contributed by atoms with Crippen LogP contribution in [0.15, 0.2) is 59.5 Å². The molecule has 9 heteroatoms. The lowest BCUT2D eigenvalue weighted by atomic mass is 10.0. The van der Waals surface area contributed by atoms with Gasteiger partial charge in [-0.3, -0.25) is 9.69 Å². The van der Waals surface area contributed by atoms with E-state index in [4.69, 9.17) is 16.3 Å². The molecule has 176 valence electrons. The van der Waals surface area contributed by atoms with Gasteiger partial charge < -0.3 is 14.6 Å². The van der Waals surface area contributed by atoms with Crippen LogP contribution in [0.3, 0.4) is 0 Å². The summed E-state index contributed by atoms with van der Waals surface area (Å²) in [5, 5.41) is 7.84. The first-order valence-corrected chi connectivity index (χ1v) is 11.8. The van der Waals surface area contributed by atoms with E-state index >= 15 is 0 Å². The summed E-state index contributed by atoms with van der Waals surface area (Å²) in [6, 6.07) is 15.9. The number of aryl methyl sites for hydroxylation is 1. The number of hydrogen-bond acceptors (Lipinski definition) is 6. The summed E-state index contributed by atoms with van der Waals surface area (Å²) < 4.78 is 8.51. The molecule has 4 aromatic rings. The number of hydrogen-bond donors (Lipinski definition) is 1. The molecule has 5 rings (SSSR count). The molecule has 1 aliphatic heterocycles. The van der Waals surface area contributed by atoms with Crippen molar-refractivity contribution in [1.82, 2.24) is 24.2 Å². The van der Waals surface area contributed by atoms with Crippen LogP contribution >= 0.6 is 11.6 Å². The lowest BCUT2D eigenvalue weighted by molar-refractivity contribution is 0.255. The Morgan fingerprint density at radius 2 is 1.94 bits per heavy atom. The Morgan fingerprint density at radius 1 is 1.15 bits per heavy atom. The van der Waals surface area contributed by atoms with Crippen molar-refractivity contribution in [2.45, 2.75) is 18.9 Å². The maximum atomic E-state index is 13.1. The third-order valence-corrected chi connectivity index (χ3v) is 6.78. The minimum absolute atomic E-state index is 0.0906. The second-order valence-electron chi connectivity index (χ2n) is 8.47. The van der Waals surface area contributed by atoms with Crippen LogP contribution in [0.25, 0.3) is 17.0 Å². The summed E-state index contributed by atoms with van der Waals surface area (Å²) in [7, 11) is 3.53. The SMILES string of the molecule is COc1cccc(C(CNc2cnn(-c3nc4ccccc4n3C)c(=O)c2Cl)N2CCCC2)c1. The van der Waals surface area contributed by atoms with Gasteiger partial charge in [0.1, 0.15) is 10.8 Å². The first kappa shape index (κ1) is 22.4. The maximum Gasteiger partial charge on any atom is 0.295 e. The Kier molecular flexibility index (Phi) is 6.26. The second-order valence-corrected chi connectivity index (χ2v) is 8.84. The molecule has 2 aromatic heterocycles. The summed E-state index contributed by atoms with van der Waals surface area (Å²) >= 11 is 6.53. The van der Waals surface area contributed by atoms with Gasteiger partial charge in [0.15, 0.2) is 0 Å². The van der Waals surface area contributed by atoms with E-state index in [-0.39, 0.29) is 11.1 Å². The van der Waals surface area contributed by atoms with Crippen molar-refractivity contribution in [1.29, 1.82) is 0 Å². The molecule has 1 aliphatic rings. The van der Waals surface area contributed by atoms with Gasteiger partial charge in [-0.2, -0.15) is 9.78 Å². The molecule has 8 nitrogen and oxygen atoms in total. The van der Waals surface area contributed by atoms with E-state index in [1.807, 2.05) is 48.0 Å². The van der Waals surface area contributed by atoms with Crippen molar-refractivity contribution in [3.05, 3.63) is 75.7 Å². The lowest BCUT2D eigenvalue weighted by Gasteiger charge is -2.29. The zero-order chi connectivity index (χ0) is 23.7. The van der Waals surface area contributed by atoms with Gasteiger partial charge in [0.25, 0.3) is 5.56 Å². The van der Waals surface area contributed by atoms with Crippen LogP contribution in [-0.2, 0) is 7.05 Å². The molecular weight excluding hydrogens is 452 g/mol. The number of ether oxygens (including phenoxy) is 1. The number of aromatic nitrogens is 4. The second kappa shape index (κ2) is 9.48. The number of likely N-dealkylation sites (tertiary alicyclic amines) is 1. The van der Waals surface area contributed by atoms with E-state index in [0.29, 0.717) is 18.2 Å². The molecule has 0 aliphatic carbocycles. The van der Waals surface area contributed by atoms with Crippen molar-refractivity contribution in [2.75, 3.05) is 32.1 Å². The Bertz CT molecular complexity index is 1380. The molecule has 0 radical (unpaired) electrons. The van der Waals surface area contributed by atoms with Crippen LogP contribution in [0, 0.1) is 0 Å². The van der Waals surface area contributed by atoms with Crippen LogP contribution in [0.4, 0.5) is 5.69 Å². The highest BCUT2D eigenvalue weighted by Crippen LogP contribution is 2.29. The molecule has 1 N–H and O–H groups in total. The van der Waals surface area contributed by atoms with E-state index < -0.39 is 5.56 Å². The first-order valence-electron chi connectivity index (χ1n) is 11.4. The van der Waals surface area contributed by atoms with Gasteiger partial charge in [-0.05, 0) is 55.8 Å². The van der Waals surface area contributed by atoms with Gasteiger partial charge in [-0.1, -0.05) is 35.9 Å². The summed E-state index contributed by atoms with van der Waals surface area (Å²) in [4.78, 5) is 20.1. The monoisotopic (exact) mass is 478 g/mol. The Hall–Kier alpha value is -3.36. The summed E-state index contributed by atoms with van der Waals surface area (Å²) in [5.41, 5.74) is 2.96. The van der Waals surface area contributed by atoms with Crippen LogP contribution in [0.1, 0.15) is 24.4 Å². The number of imidazole rings is 1. The lowest BCUT2D eigenvalue weighted by Crippen LogP contribution is -2.32. The van der Waals surface area contributed by atoms with E-state index in [1.54, 1.807) is 13.3 Å². The number of rotatable bonds is 7. The molecule has 1 fully saturated rings. The van der Waals surface area contributed by atoms with Crippen molar-refractivity contribution in [3.8, 4) is 11.7 Å². The van der Waals surface area contributed by atoms with Crippen LogP contribution < -0.4 is 15.6 Å². The number of nitrogens with zero attached hydrogens (tertiary/aromatic N) is 5. The fraction of sp³-hybridized carbons (Fsp3) is 0.320. The minimum Gasteiger partial charge on any atom is -0.497 e. The molecule has 2 aromatic carbocycles. The molecule has 0 spiro atoms. The molecular formula is C25H27ClN6O2. The molecule has 3 heterocycles. The van der Waals surface area contributed by atoms with Crippen molar-refractivity contribution >= 4 is 28.3 Å². The van der Waals surface area contributed by atoms with Crippen molar-refractivity contribution < 1.29 is 4.74 Å². The van der Waals surface area contributed by atoms with Crippen molar-refractivity contribution in [3.63, 3.8) is 0 Å². The molecule has 1 atom stereocenters. The van der Waals surface area contributed by atoms with Gasteiger partial charge in [0, 0.05) is 13.6 Å². The Balaban J connectivity index is 1.43. The Labute approximate surface area is 202 Å². The normalized spacial score (nSPS) is 15.0. The molecule has 0 saturated carbocycles. The van der Waals surface area contributed by atoms with Crippen molar-refractivity contribution in [2.24, 2.45) is 7.05 Å². The predicted molar refractivity (Wildman–Crippen MR) is 134 cm³/mol. The number of fused-ring (bicyclic) bond motifs is 1. The summed E-state index contributed by atoms with van der Waals surface area (Å²) in [5.74, 6) is 1.25. The summed E-state index contributed by atoms with van der Waals surface area (Å²) in [6.45, 7) is 2.65. The average molecular weight is 479 g/mol.